The summed E-state index contributed by atoms with van der Waals surface area (Å²) in [6.07, 6.45) is 1.46. The van der Waals surface area contributed by atoms with Crippen molar-refractivity contribution in [3.63, 3.8) is 0 Å². The third-order valence-electron chi connectivity index (χ3n) is 4.57. The first-order chi connectivity index (χ1) is 14.5. The maximum atomic E-state index is 11.4. The zero-order chi connectivity index (χ0) is 21.5. The summed E-state index contributed by atoms with van der Waals surface area (Å²) in [7, 11) is 0. The Kier molecular flexibility index (Phi) is 7.75. The van der Waals surface area contributed by atoms with Gasteiger partial charge in [-0.05, 0) is 54.0 Å². The smallest absolute Gasteiger partial charge is 0.229 e. The molecule has 3 rings (SSSR count). The van der Waals surface area contributed by atoms with Crippen molar-refractivity contribution in [3.8, 4) is 0 Å². The molecule has 0 bridgehead atoms. The average Bonchev–Trinajstić information content (AvgIpc) is 2.75. The van der Waals surface area contributed by atoms with E-state index in [4.69, 9.17) is 11.6 Å². The van der Waals surface area contributed by atoms with Gasteiger partial charge in [-0.3, -0.25) is 9.11 Å². The van der Waals surface area contributed by atoms with E-state index in [2.05, 4.69) is 51.5 Å². The lowest BCUT2D eigenvalue weighted by molar-refractivity contribution is 0.296. The van der Waals surface area contributed by atoms with Crippen LogP contribution in [0.3, 0.4) is 0 Å². The van der Waals surface area contributed by atoms with Crippen LogP contribution in [0, 0.1) is 0 Å². The van der Waals surface area contributed by atoms with Crippen LogP contribution in [0.2, 0.25) is 5.02 Å². The standard InChI is InChI=1S/C21H24ClN5O2S/c1-3-27(4-2)14-15-9-11-16(12-10-15)24-21-23-13-17(22)20(26-21)25-18-7-5-6-8-19(18)30(28)29/h5-13H,3-4,14H2,1-2H3,(H,28,29)(H2,23,24,25,26)/p-1. The van der Waals surface area contributed by atoms with Crippen molar-refractivity contribution in [3.05, 3.63) is 65.3 Å². The normalized spacial score (nSPS) is 12.0. The summed E-state index contributed by atoms with van der Waals surface area (Å²) in [5.74, 6) is 0.657. The second-order valence-corrected chi connectivity index (χ2v) is 7.85. The summed E-state index contributed by atoms with van der Waals surface area (Å²) in [5.41, 5.74) is 2.46. The van der Waals surface area contributed by atoms with E-state index in [1.54, 1.807) is 18.2 Å². The maximum Gasteiger partial charge on any atom is 0.229 e. The first-order valence-electron chi connectivity index (χ1n) is 9.56. The number of rotatable bonds is 9. The Hall–Kier alpha value is -2.52. The van der Waals surface area contributed by atoms with E-state index in [1.807, 2.05) is 12.1 Å². The molecule has 0 saturated heterocycles. The second kappa shape index (κ2) is 10.5. The van der Waals surface area contributed by atoms with Gasteiger partial charge in [0, 0.05) is 17.1 Å². The fourth-order valence-corrected chi connectivity index (χ4v) is 3.51. The van der Waals surface area contributed by atoms with E-state index in [0.29, 0.717) is 17.5 Å². The number of benzene rings is 2. The summed E-state index contributed by atoms with van der Waals surface area (Å²) in [5, 5.41) is 6.40. The highest BCUT2D eigenvalue weighted by atomic mass is 35.5. The molecule has 0 fully saturated rings. The van der Waals surface area contributed by atoms with Crippen molar-refractivity contribution < 1.29 is 8.76 Å². The minimum absolute atomic E-state index is 0.130. The molecule has 9 heteroatoms. The van der Waals surface area contributed by atoms with Crippen LogP contribution >= 0.6 is 11.6 Å². The lowest BCUT2D eigenvalue weighted by Crippen LogP contribution is -2.21. The highest BCUT2D eigenvalue weighted by Crippen LogP contribution is 2.27. The third-order valence-corrected chi connectivity index (χ3v) is 5.57. The van der Waals surface area contributed by atoms with Crippen LogP contribution in [0.4, 0.5) is 23.1 Å². The van der Waals surface area contributed by atoms with Gasteiger partial charge in [0.15, 0.2) is 5.82 Å². The van der Waals surface area contributed by atoms with Crippen molar-refractivity contribution >= 4 is 45.8 Å². The van der Waals surface area contributed by atoms with Gasteiger partial charge in [-0.25, -0.2) is 4.98 Å². The van der Waals surface area contributed by atoms with Gasteiger partial charge in [0.2, 0.25) is 5.95 Å². The summed E-state index contributed by atoms with van der Waals surface area (Å²) in [6.45, 7) is 7.22. The molecule has 0 saturated carbocycles. The molecule has 158 valence electrons. The topological polar surface area (TPSA) is 93.2 Å². The van der Waals surface area contributed by atoms with Gasteiger partial charge >= 0.3 is 0 Å². The summed E-state index contributed by atoms with van der Waals surface area (Å²) in [6, 6.07) is 14.6. The van der Waals surface area contributed by atoms with E-state index in [1.165, 1.54) is 17.8 Å². The van der Waals surface area contributed by atoms with Gasteiger partial charge < -0.3 is 15.2 Å². The zero-order valence-corrected chi connectivity index (χ0v) is 18.3. The van der Waals surface area contributed by atoms with Gasteiger partial charge in [0.05, 0.1) is 11.9 Å². The molecule has 3 aromatic rings. The van der Waals surface area contributed by atoms with Gasteiger partial charge in [0.1, 0.15) is 5.02 Å². The average molecular weight is 445 g/mol. The number of nitrogens with zero attached hydrogens (tertiary/aromatic N) is 3. The highest BCUT2D eigenvalue weighted by Gasteiger charge is 2.10. The minimum atomic E-state index is -2.38. The third kappa shape index (κ3) is 5.76. The van der Waals surface area contributed by atoms with E-state index in [0.717, 1.165) is 25.3 Å². The number of aromatic nitrogens is 2. The Balaban J connectivity index is 1.75. The summed E-state index contributed by atoms with van der Waals surface area (Å²) < 4.78 is 22.8. The van der Waals surface area contributed by atoms with Crippen molar-refractivity contribution in [1.29, 1.82) is 0 Å². The molecular formula is C21H23ClN5O2S-. The molecule has 7 nitrogen and oxygen atoms in total. The molecule has 0 spiro atoms. The number of anilines is 4. The molecule has 0 amide bonds. The molecule has 1 heterocycles. The highest BCUT2D eigenvalue weighted by molar-refractivity contribution is 7.79. The molecule has 1 unspecified atom stereocenters. The number of nitrogens with one attached hydrogen (secondary N) is 2. The minimum Gasteiger partial charge on any atom is -0.768 e. The van der Waals surface area contributed by atoms with Crippen LogP contribution in [0.1, 0.15) is 19.4 Å². The molecular weight excluding hydrogens is 422 g/mol. The molecule has 30 heavy (non-hydrogen) atoms. The first-order valence-corrected chi connectivity index (χ1v) is 11.0. The number of hydrogen-bond acceptors (Lipinski definition) is 7. The lowest BCUT2D eigenvalue weighted by Gasteiger charge is -2.18. The van der Waals surface area contributed by atoms with Crippen LogP contribution in [-0.4, -0.2) is 36.7 Å². The fourth-order valence-electron chi connectivity index (χ4n) is 2.89. The first kappa shape index (κ1) is 22.2. The molecule has 0 aliphatic carbocycles. The summed E-state index contributed by atoms with van der Waals surface area (Å²) in [4.78, 5) is 11.1. The molecule has 0 aliphatic heterocycles. The number of para-hydroxylation sites is 1. The van der Waals surface area contributed by atoms with Crippen LogP contribution in [0.25, 0.3) is 0 Å². The Morgan fingerprint density at radius 2 is 1.77 bits per heavy atom. The van der Waals surface area contributed by atoms with Gasteiger partial charge in [0.25, 0.3) is 0 Å². The molecule has 1 atom stereocenters. The van der Waals surface area contributed by atoms with E-state index >= 15 is 0 Å². The van der Waals surface area contributed by atoms with Crippen molar-refractivity contribution in [2.75, 3.05) is 23.7 Å². The molecule has 2 N–H and O–H groups in total. The Morgan fingerprint density at radius 1 is 1.07 bits per heavy atom. The molecule has 1 aromatic heterocycles. The van der Waals surface area contributed by atoms with Gasteiger partial charge in [-0.15, -0.1) is 0 Å². The van der Waals surface area contributed by atoms with Crippen molar-refractivity contribution in [2.24, 2.45) is 0 Å². The fraction of sp³-hybridized carbons (Fsp3) is 0.238. The maximum absolute atomic E-state index is 11.4. The van der Waals surface area contributed by atoms with E-state index < -0.39 is 11.1 Å². The molecule has 2 aromatic carbocycles. The Morgan fingerprint density at radius 3 is 2.43 bits per heavy atom. The second-order valence-electron chi connectivity index (χ2n) is 6.53. The van der Waals surface area contributed by atoms with Crippen LogP contribution in [-0.2, 0) is 17.6 Å². The predicted octanol–water partition coefficient (Wildman–Crippen LogP) is 4.70. The lowest BCUT2D eigenvalue weighted by atomic mass is 10.2. The van der Waals surface area contributed by atoms with Gasteiger partial charge in [-0.2, -0.15) is 4.98 Å². The van der Waals surface area contributed by atoms with Crippen molar-refractivity contribution in [2.45, 2.75) is 25.3 Å². The van der Waals surface area contributed by atoms with Crippen molar-refractivity contribution in [1.82, 2.24) is 14.9 Å². The summed E-state index contributed by atoms with van der Waals surface area (Å²) >= 11 is 3.82. The van der Waals surface area contributed by atoms with E-state index in [9.17, 15) is 8.76 Å². The zero-order valence-electron chi connectivity index (χ0n) is 16.8. The number of halogens is 1. The SMILES string of the molecule is CCN(CC)Cc1ccc(Nc2ncc(Cl)c(Nc3ccccc3S(=O)[O-])n2)cc1. The molecule has 0 aliphatic rings. The monoisotopic (exact) mass is 444 g/mol. The number of hydrogen-bond donors (Lipinski definition) is 2. The predicted molar refractivity (Wildman–Crippen MR) is 120 cm³/mol. The largest absolute Gasteiger partial charge is 0.768 e. The van der Waals surface area contributed by atoms with Crippen LogP contribution in [0.5, 0.6) is 0 Å². The molecule has 0 radical (unpaired) electrons. The van der Waals surface area contributed by atoms with Crippen LogP contribution < -0.4 is 10.6 Å². The quantitative estimate of drug-likeness (QED) is 0.462. The Labute approximate surface area is 183 Å². The van der Waals surface area contributed by atoms with Crippen LogP contribution in [0.15, 0.2) is 59.6 Å². The Bertz CT molecular complexity index is 1010. The van der Waals surface area contributed by atoms with E-state index in [-0.39, 0.29) is 9.92 Å². The van der Waals surface area contributed by atoms with Gasteiger partial charge in [-0.1, -0.05) is 49.7 Å².